The minimum absolute atomic E-state index is 0.657. The number of benzene rings is 4. The van der Waals surface area contributed by atoms with Gasteiger partial charge in [-0.3, -0.25) is 9.55 Å². The van der Waals surface area contributed by atoms with Gasteiger partial charge in [0.15, 0.2) is 5.82 Å². The molecule has 8 rings (SSSR count). The van der Waals surface area contributed by atoms with Crippen LogP contribution in [0.2, 0.25) is 0 Å². The number of aromatic nitrogens is 5. The number of para-hydroxylation sites is 2. The van der Waals surface area contributed by atoms with E-state index in [1.807, 2.05) is 30.5 Å². The molecule has 0 radical (unpaired) electrons. The van der Waals surface area contributed by atoms with Gasteiger partial charge in [-0.1, -0.05) is 42.5 Å². The van der Waals surface area contributed by atoms with Crippen LogP contribution in [-0.2, 0) is 0 Å². The van der Waals surface area contributed by atoms with Crippen LogP contribution in [-0.4, -0.2) is 24.1 Å². The molecule has 0 aliphatic heterocycles. The first kappa shape index (κ1) is 20.9. The van der Waals surface area contributed by atoms with E-state index in [0.29, 0.717) is 5.82 Å². The zero-order chi connectivity index (χ0) is 25.1. The average molecular weight is 488 g/mol. The molecule has 0 amide bonds. The monoisotopic (exact) mass is 487 g/mol. The molecule has 4 aromatic heterocycles. The van der Waals surface area contributed by atoms with E-state index >= 15 is 0 Å². The fourth-order valence-corrected chi connectivity index (χ4v) is 5.58. The Hall–Kier alpha value is -5.29. The Labute approximate surface area is 218 Å². The fourth-order valence-electron chi connectivity index (χ4n) is 5.58. The predicted octanol–water partition coefficient (Wildman–Crippen LogP) is 7.73. The molecule has 178 valence electrons. The molecule has 5 nitrogen and oxygen atoms in total. The molecule has 8 aromatic rings. The van der Waals surface area contributed by atoms with Crippen LogP contribution in [0.5, 0.6) is 0 Å². The number of rotatable bonds is 3. The van der Waals surface area contributed by atoms with Gasteiger partial charge in [0, 0.05) is 52.2 Å². The molecule has 0 aliphatic carbocycles. The zero-order valence-corrected chi connectivity index (χ0v) is 20.4. The van der Waals surface area contributed by atoms with Crippen LogP contribution in [0, 0.1) is 0 Å². The first-order valence-electron chi connectivity index (χ1n) is 12.6. The van der Waals surface area contributed by atoms with Gasteiger partial charge < -0.3 is 4.57 Å². The van der Waals surface area contributed by atoms with Crippen LogP contribution >= 0.6 is 0 Å². The van der Waals surface area contributed by atoms with Gasteiger partial charge in [-0.25, -0.2) is 9.97 Å². The summed E-state index contributed by atoms with van der Waals surface area (Å²) in [6.07, 6.45) is 7.54. The van der Waals surface area contributed by atoms with Crippen molar-refractivity contribution in [3.05, 3.63) is 128 Å². The topological polar surface area (TPSA) is 48.5 Å². The van der Waals surface area contributed by atoms with Crippen LogP contribution in [0.15, 0.2) is 128 Å². The summed E-state index contributed by atoms with van der Waals surface area (Å²) >= 11 is 0. The number of pyridine rings is 1. The molecular weight excluding hydrogens is 466 g/mol. The highest BCUT2D eigenvalue weighted by Gasteiger charge is 2.16. The largest absolute Gasteiger partial charge is 0.317 e. The molecule has 4 aromatic carbocycles. The SMILES string of the molecule is c1ccc(-n2ccc3c4cc5c(cc4ccc32)c2ccccc2n5-c2ccnc(-c3cccnc3)n2)cc1. The molecule has 0 fully saturated rings. The normalized spacial score (nSPS) is 11.7. The Morgan fingerprint density at radius 3 is 2.34 bits per heavy atom. The number of nitrogens with zero attached hydrogens (tertiary/aromatic N) is 5. The number of fused-ring (bicyclic) bond motifs is 6. The Kier molecular flexibility index (Phi) is 4.45. The molecule has 0 atom stereocenters. The molecule has 5 heteroatoms. The lowest BCUT2D eigenvalue weighted by atomic mass is 10.0. The molecule has 0 N–H and O–H groups in total. The number of hydrogen-bond acceptors (Lipinski definition) is 3. The maximum absolute atomic E-state index is 4.98. The van der Waals surface area contributed by atoms with Crippen molar-refractivity contribution in [3.8, 4) is 22.9 Å². The Balaban J connectivity index is 1.43. The standard InChI is InChI=1S/C33H21N5/c1-2-8-24(9-3-1)37-18-15-26-27-20-31-28(19-22(27)12-13-29(26)37)25-10-4-5-11-30(25)38(31)32-14-17-35-33(36-32)23-7-6-16-34-21-23/h1-21H. The van der Waals surface area contributed by atoms with Gasteiger partial charge in [0.2, 0.25) is 0 Å². The zero-order valence-electron chi connectivity index (χ0n) is 20.4. The van der Waals surface area contributed by atoms with Crippen molar-refractivity contribution in [1.82, 2.24) is 24.1 Å². The predicted molar refractivity (Wildman–Crippen MR) is 154 cm³/mol. The van der Waals surface area contributed by atoms with E-state index in [-0.39, 0.29) is 0 Å². The summed E-state index contributed by atoms with van der Waals surface area (Å²) < 4.78 is 4.50. The first-order chi connectivity index (χ1) is 18.8. The van der Waals surface area contributed by atoms with Crippen LogP contribution in [0.3, 0.4) is 0 Å². The molecule has 0 bridgehead atoms. The van der Waals surface area contributed by atoms with Gasteiger partial charge in [0.25, 0.3) is 0 Å². The van der Waals surface area contributed by atoms with Crippen LogP contribution < -0.4 is 0 Å². The Morgan fingerprint density at radius 2 is 1.45 bits per heavy atom. The molecule has 0 aliphatic rings. The molecule has 0 saturated heterocycles. The van der Waals surface area contributed by atoms with Gasteiger partial charge in [-0.05, 0) is 71.4 Å². The third-order valence-electron chi connectivity index (χ3n) is 7.30. The third-order valence-corrected chi connectivity index (χ3v) is 7.30. The highest BCUT2D eigenvalue weighted by atomic mass is 15.1. The van der Waals surface area contributed by atoms with Gasteiger partial charge in [-0.15, -0.1) is 0 Å². The Bertz CT molecular complexity index is 2120. The van der Waals surface area contributed by atoms with Crippen molar-refractivity contribution >= 4 is 43.5 Å². The van der Waals surface area contributed by atoms with Crippen molar-refractivity contribution in [2.75, 3.05) is 0 Å². The van der Waals surface area contributed by atoms with Gasteiger partial charge >= 0.3 is 0 Å². The molecule has 38 heavy (non-hydrogen) atoms. The van der Waals surface area contributed by atoms with Gasteiger partial charge in [0.05, 0.1) is 16.6 Å². The quantitative estimate of drug-likeness (QED) is 0.256. The third kappa shape index (κ3) is 3.09. The van der Waals surface area contributed by atoms with E-state index in [4.69, 9.17) is 4.98 Å². The van der Waals surface area contributed by atoms with Gasteiger partial charge in [-0.2, -0.15) is 0 Å². The van der Waals surface area contributed by atoms with E-state index in [9.17, 15) is 0 Å². The lowest BCUT2D eigenvalue weighted by molar-refractivity contribution is 1.04. The number of hydrogen-bond donors (Lipinski definition) is 0. The van der Waals surface area contributed by atoms with E-state index in [1.165, 1.54) is 32.4 Å². The van der Waals surface area contributed by atoms with Crippen LogP contribution in [0.25, 0.3) is 66.4 Å². The minimum Gasteiger partial charge on any atom is -0.317 e. The summed E-state index contributed by atoms with van der Waals surface area (Å²) in [5.74, 6) is 1.49. The lowest BCUT2D eigenvalue weighted by Gasteiger charge is -2.10. The Morgan fingerprint density at radius 1 is 0.579 bits per heavy atom. The van der Waals surface area contributed by atoms with E-state index in [2.05, 4.69) is 104 Å². The minimum atomic E-state index is 0.657. The van der Waals surface area contributed by atoms with Gasteiger partial charge in [0.1, 0.15) is 5.82 Å². The van der Waals surface area contributed by atoms with Crippen molar-refractivity contribution in [2.45, 2.75) is 0 Å². The van der Waals surface area contributed by atoms with Crippen molar-refractivity contribution in [1.29, 1.82) is 0 Å². The highest BCUT2D eigenvalue weighted by molar-refractivity contribution is 6.18. The smallest absolute Gasteiger partial charge is 0.163 e. The maximum atomic E-state index is 4.98. The average Bonchev–Trinajstić information content (AvgIpc) is 3.56. The molecular formula is C33H21N5. The summed E-state index contributed by atoms with van der Waals surface area (Å²) in [4.78, 5) is 13.8. The summed E-state index contributed by atoms with van der Waals surface area (Å²) in [7, 11) is 0. The summed E-state index contributed by atoms with van der Waals surface area (Å²) in [6.45, 7) is 0. The van der Waals surface area contributed by atoms with Crippen LogP contribution in [0.4, 0.5) is 0 Å². The second-order valence-corrected chi connectivity index (χ2v) is 9.44. The lowest BCUT2D eigenvalue weighted by Crippen LogP contribution is -2.00. The second kappa shape index (κ2) is 8.11. The first-order valence-corrected chi connectivity index (χ1v) is 12.6. The molecule has 0 spiro atoms. The molecule has 0 unspecified atom stereocenters. The highest BCUT2D eigenvalue weighted by Crippen LogP contribution is 2.37. The summed E-state index contributed by atoms with van der Waals surface area (Å²) in [6, 6.07) is 36.2. The molecule has 0 saturated carbocycles. The van der Waals surface area contributed by atoms with E-state index in [1.54, 1.807) is 12.4 Å². The molecule has 4 heterocycles. The summed E-state index contributed by atoms with van der Waals surface area (Å²) in [5, 5.41) is 6.07. The van der Waals surface area contributed by atoms with Crippen molar-refractivity contribution in [3.63, 3.8) is 0 Å². The van der Waals surface area contributed by atoms with E-state index in [0.717, 1.165) is 28.1 Å². The van der Waals surface area contributed by atoms with Crippen LogP contribution in [0.1, 0.15) is 0 Å². The second-order valence-electron chi connectivity index (χ2n) is 9.44. The van der Waals surface area contributed by atoms with E-state index < -0.39 is 0 Å². The maximum Gasteiger partial charge on any atom is 0.163 e. The summed E-state index contributed by atoms with van der Waals surface area (Å²) in [5.41, 5.74) is 5.47. The van der Waals surface area contributed by atoms with Crippen molar-refractivity contribution in [2.24, 2.45) is 0 Å². The fraction of sp³-hybridized carbons (Fsp3) is 0. The van der Waals surface area contributed by atoms with Crippen molar-refractivity contribution < 1.29 is 0 Å².